The van der Waals surface area contributed by atoms with Gasteiger partial charge in [-0.05, 0) is 24.4 Å². The lowest BCUT2D eigenvalue weighted by Crippen LogP contribution is -1.95. The molecule has 3 aromatic rings. The molecule has 6 heteroatoms. The zero-order valence-corrected chi connectivity index (χ0v) is 12.1. The second-order valence-electron chi connectivity index (χ2n) is 4.68. The molecule has 0 radical (unpaired) electrons. The molecule has 1 aromatic carbocycles. The number of rotatable bonds is 4. The third-order valence-corrected chi connectivity index (χ3v) is 3.19. The first-order valence-electron chi connectivity index (χ1n) is 6.50. The van der Waals surface area contributed by atoms with Gasteiger partial charge in [0.05, 0.1) is 14.2 Å². The first-order chi connectivity index (χ1) is 10.2. The van der Waals surface area contributed by atoms with Crippen molar-refractivity contribution in [2.45, 2.75) is 6.92 Å². The van der Waals surface area contributed by atoms with E-state index >= 15 is 0 Å². The normalized spacial score (nSPS) is 10.6. The van der Waals surface area contributed by atoms with Crippen molar-refractivity contribution >= 4 is 22.4 Å². The monoisotopic (exact) mass is 284 g/mol. The number of anilines is 2. The molecule has 0 spiro atoms. The quantitative estimate of drug-likeness (QED) is 0.770. The highest BCUT2D eigenvalue weighted by Gasteiger charge is 2.08. The fraction of sp³-hybridized carbons (Fsp3) is 0.200. The predicted molar refractivity (Wildman–Crippen MR) is 81.5 cm³/mol. The minimum absolute atomic E-state index is 0.712. The summed E-state index contributed by atoms with van der Waals surface area (Å²) in [5, 5.41) is 12.1. The Kier molecular flexibility index (Phi) is 3.35. The van der Waals surface area contributed by atoms with E-state index in [2.05, 4.69) is 20.5 Å². The summed E-state index contributed by atoms with van der Waals surface area (Å²) in [6.07, 6.45) is 1.77. The number of ether oxygens (including phenoxy) is 2. The summed E-state index contributed by atoms with van der Waals surface area (Å²) >= 11 is 0. The van der Waals surface area contributed by atoms with Gasteiger partial charge in [0.2, 0.25) is 0 Å². The van der Waals surface area contributed by atoms with Gasteiger partial charge in [0.1, 0.15) is 17.3 Å². The summed E-state index contributed by atoms with van der Waals surface area (Å²) in [7, 11) is 3.26. The molecule has 2 heterocycles. The van der Waals surface area contributed by atoms with Crippen LogP contribution < -0.4 is 14.8 Å². The molecule has 0 aliphatic carbocycles. The number of hydrogen-bond acceptors (Lipinski definition) is 5. The molecule has 0 amide bonds. The van der Waals surface area contributed by atoms with Crippen LogP contribution >= 0.6 is 0 Å². The number of nitrogens with one attached hydrogen (secondary N) is 2. The number of aromatic nitrogens is 3. The highest BCUT2D eigenvalue weighted by molar-refractivity contribution is 5.91. The van der Waals surface area contributed by atoms with Crippen LogP contribution in [0.3, 0.4) is 0 Å². The molecule has 108 valence electrons. The third-order valence-electron chi connectivity index (χ3n) is 3.19. The molecule has 0 bridgehead atoms. The van der Waals surface area contributed by atoms with Crippen molar-refractivity contribution in [3.05, 3.63) is 36.2 Å². The van der Waals surface area contributed by atoms with E-state index in [1.807, 2.05) is 31.2 Å². The molecule has 0 aliphatic heterocycles. The molecular weight excluding hydrogens is 268 g/mol. The maximum absolute atomic E-state index is 5.37. The van der Waals surface area contributed by atoms with Crippen molar-refractivity contribution in [2.75, 3.05) is 19.5 Å². The molecule has 3 rings (SSSR count). The highest BCUT2D eigenvalue weighted by atomic mass is 16.5. The first-order valence-corrected chi connectivity index (χ1v) is 6.50. The van der Waals surface area contributed by atoms with Crippen LogP contribution in [0.15, 0.2) is 30.5 Å². The van der Waals surface area contributed by atoms with Crippen molar-refractivity contribution in [1.29, 1.82) is 0 Å². The number of hydrogen-bond donors (Lipinski definition) is 2. The second-order valence-corrected chi connectivity index (χ2v) is 4.68. The lowest BCUT2D eigenvalue weighted by atomic mass is 10.1. The average Bonchev–Trinajstić information content (AvgIpc) is 2.90. The lowest BCUT2D eigenvalue weighted by Gasteiger charge is -2.10. The van der Waals surface area contributed by atoms with Gasteiger partial charge in [0.15, 0.2) is 5.82 Å². The summed E-state index contributed by atoms with van der Waals surface area (Å²) in [4.78, 5) is 4.39. The maximum Gasteiger partial charge on any atom is 0.153 e. The van der Waals surface area contributed by atoms with Crippen LogP contribution in [0.4, 0.5) is 11.6 Å². The standard InChI is InChI=1S/C15H16N4O2/c1-9-4-15(19-18-9)17-14-6-10-5-11(20-2)7-13(21-3)12(10)8-16-14/h4-8H,1-3H3,(H2,16,17,18,19). The average molecular weight is 284 g/mol. The zero-order chi connectivity index (χ0) is 14.8. The number of methoxy groups -OCH3 is 2. The predicted octanol–water partition coefficient (Wildman–Crippen LogP) is 3.03. The van der Waals surface area contributed by atoms with Gasteiger partial charge in [-0.2, -0.15) is 5.10 Å². The van der Waals surface area contributed by atoms with Crippen molar-refractivity contribution in [3.63, 3.8) is 0 Å². The molecule has 21 heavy (non-hydrogen) atoms. The largest absolute Gasteiger partial charge is 0.497 e. The fourth-order valence-corrected chi connectivity index (χ4v) is 2.17. The van der Waals surface area contributed by atoms with E-state index in [0.717, 1.165) is 33.8 Å². The Hall–Kier alpha value is -2.76. The van der Waals surface area contributed by atoms with E-state index in [1.54, 1.807) is 20.4 Å². The van der Waals surface area contributed by atoms with Crippen LogP contribution in [0.25, 0.3) is 10.8 Å². The zero-order valence-electron chi connectivity index (χ0n) is 12.1. The summed E-state index contributed by atoms with van der Waals surface area (Å²) in [5.74, 6) is 2.92. The number of aromatic amines is 1. The number of H-pyrrole nitrogens is 1. The Morgan fingerprint density at radius 3 is 2.57 bits per heavy atom. The van der Waals surface area contributed by atoms with Crippen molar-refractivity contribution in [2.24, 2.45) is 0 Å². The molecule has 0 aliphatic rings. The number of pyridine rings is 1. The van der Waals surface area contributed by atoms with Gasteiger partial charge in [0.25, 0.3) is 0 Å². The Bertz CT molecular complexity index is 782. The maximum atomic E-state index is 5.37. The number of nitrogens with zero attached hydrogens (tertiary/aromatic N) is 2. The lowest BCUT2D eigenvalue weighted by molar-refractivity contribution is 0.398. The van der Waals surface area contributed by atoms with Crippen LogP contribution in [0.5, 0.6) is 11.5 Å². The number of aryl methyl sites for hydroxylation is 1. The van der Waals surface area contributed by atoms with E-state index in [1.165, 1.54) is 0 Å². The molecule has 2 N–H and O–H groups in total. The van der Waals surface area contributed by atoms with Crippen molar-refractivity contribution < 1.29 is 9.47 Å². The molecule has 0 unspecified atom stereocenters. The van der Waals surface area contributed by atoms with Crippen molar-refractivity contribution in [3.8, 4) is 11.5 Å². The summed E-state index contributed by atoms with van der Waals surface area (Å²) < 4.78 is 10.7. The van der Waals surface area contributed by atoms with Gasteiger partial charge < -0.3 is 14.8 Å². The SMILES string of the molecule is COc1cc(OC)c2cnc(Nc3cc(C)[nH]n3)cc2c1. The van der Waals surface area contributed by atoms with E-state index in [0.29, 0.717) is 5.82 Å². The second kappa shape index (κ2) is 5.32. The fourth-order valence-electron chi connectivity index (χ4n) is 2.17. The van der Waals surface area contributed by atoms with E-state index in [-0.39, 0.29) is 0 Å². The highest BCUT2D eigenvalue weighted by Crippen LogP contribution is 2.32. The van der Waals surface area contributed by atoms with Crippen LogP contribution in [0.1, 0.15) is 5.69 Å². The molecule has 0 fully saturated rings. The van der Waals surface area contributed by atoms with Gasteiger partial charge in [-0.15, -0.1) is 0 Å². The molecule has 0 saturated heterocycles. The van der Waals surface area contributed by atoms with Crippen LogP contribution in [0, 0.1) is 6.92 Å². The van der Waals surface area contributed by atoms with Crippen LogP contribution in [-0.4, -0.2) is 29.4 Å². The van der Waals surface area contributed by atoms with Crippen LogP contribution in [-0.2, 0) is 0 Å². The van der Waals surface area contributed by atoms with Crippen molar-refractivity contribution in [1.82, 2.24) is 15.2 Å². The van der Waals surface area contributed by atoms with Gasteiger partial charge in [0, 0.05) is 29.4 Å². The van der Waals surface area contributed by atoms with Gasteiger partial charge in [-0.3, -0.25) is 5.10 Å². The van der Waals surface area contributed by atoms with Crippen LogP contribution in [0.2, 0.25) is 0 Å². The molecule has 0 saturated carbocycles. The molecule has 6 nitrogen and oxygen atoms in total. The van der Waals surface area contributed by atoms with Gasteiger partial charge in [-0.1, -0.05) is 0 Å². The topological polar surface area (TPSA) is 72.1 Å². The minimum atomic E-state index is 0.712. The smallest absolute Gasteiger partial charge is 0.153 e. The van der Waals surface area contributed by atoms with Gasteiger partial charge in [-0.25, -0.2) is 4.98 Å². The Morgan fingerprint density at radius 1 is 1.05 bits per heavy atom. The summed E-state index contributed by atoms with van der Waals surface area (Å²) in [6, 6.07) is 7.64. The first kappa shape index (κ1) is 13.2. The molecule has 0 atom stereocenters. The van der Waals surface area contributed by atoms with E-state index < -0.39 is 0 Å². The molecule has 2 aromatic heterocycles. The Balaban J connectivity index is 2.02. The van der Waals surface area contributed by atoms with E-state index in [4.69, 9.17) is 9.47 Å². The Morgan fingerprint density at radius 2 is 1.90 bits per heavy atom. The minimum Gasteiger partial charge on any atom is -0.497 e. The number of fused-ring (bicyclic) bond motifs is 1. The number of benzene rings is 1. The van der Waals surface area contributed by atoms with E-state index in [9.17, 15) is 0 Å². The summed E-state index contributed by atoms with van der Waals surface area (Å²) in [6.45, 7) is 1.95. The molecular formula is C15H16N4O2. The Labute approximate surface area is 122 Å². The summed E-state index contributed by atoms with van der Waals surface area (Å²) in [5.41, 5.74) is 0.988. The van der Waals surface area contributed by atoms with Gasteiger partial charge >= 0.3 is 0 Å². The third kappa shape index (κ3) is 2.60.